The van der Waals surface area contributed by atoms with Gasteiger partial charge in [-0.25, -0.2) is 0 Å². The second-order valence-electron chi connectivity index (χ2n) is 5.27. The third-order valence-electron chi connectivity index (χ3n) is 3.65. The van der Waals surface area contributed by atoms with Crippen LogP contribution < -0.4 is 0 Å². The molecule has 0 atom stereocenters. The van der Waals surface area contributed by atoms with E-state index in [1.807, 2.05) is 0 Å². The molecule has 4 heteroatoms. The van der Waals surface area contributed by atoms with Crippen molar-refractivity contribution in [3.63, 3.8) is 0 Å². The quantitative estimate of drug-likeness (QED) is 0.403. The zero-order chi connectivity index (χ0) is 15.7. The molecule has 3 rings (SSSR count). The third-order valence-corrected chi connectivity index (χ3v) is 14.1. The summed E-state index contributed by atoms with van der Waals surface area (Å²) in [5.41, 5.74) is 7.71. The summed E-state index contributed by atoms with van der Waals surface area (Å²) in [6.07, 6.45) is 0. The molecule has 112 valence electrons. The van der Waals surface area contributed by atoms with Crippen LogP contribution in [0.1, 0.15) is 11.1 Å². The maximum atomic E-state index is 3.54. The molecule has 1 heterocycles. The Bertz CT molecular complexity index is 667. The van der Waals surface area contributed by atoms with Crippen molar-refractivity contribution in [2.45, 2.75) is 11.4 Å². The molecule has 2 aromatic rings. The van der Waals surface area contributed by atoms with Crippen LogP contribution in [0.3, 0.4) is 0 Å². The fraction of sp³-hybridized carbons (Fsp3) is 0.111. The number of hydrogen-bond donors (Lipinski definition) is 0. The van der Waals surface area contributed by atoms with Crippen LogP contribution in [0, 0.1) is 0 Å². The molecule has 0 unspecified atom stereocenters. The van der Waals surface area contributed by atoms with Gasteiger partial charge in [-0.15, -0.1) is 0 Å². The Morgan fingerprint density at radius 1 is 0.636 bits per heavy atom. The summed E-state index contributed by atoms with van der Waals surface area (Å²) in [6.45, 7) is 0. The van der Waals surface area contributed by atoms with Gasteiger partial charge >= 0.3 is 160 Å². The minimum atomic E-state index is -1.20. The van der Waals surface area contributed by atoms with E-state index in [1.54, 1.807) is 8.72 Å². The molecule has 0 fully saturated rings. The molecule has 0 saturated carbocycles. The van der Waals surface area contributed by atoms with Crippen molar-refractivity contribution in [1.82, 2.24) is 0 Å². The fourth-order valence-electron chi connectivity index (χ4n) is 2.50. The van der Waals surface area contributed by atoms with Gasteiger partial charge in [0.2, 0.25) is 0 Å². The number of halogens is 2. The van der Waals surface area contributed by atoms with Crippen molar-refractivity contribution < 1.29 is 0 Å². The molecule has 0 bridgehead atoms. The summed E-state index contributed by atoms with van der Waals surface area (Å²) in [4.78, 5) is 5.19. The van der Waals surface area contributed by atoms with Crippen LogP contribution in [-0.2, 0) is 0 Å². The Balaban J connectivity index is 1.98. The standard InChI is InChI=1S/C18H16As2Br2/c1-19-11-17(13-3-7-15(21)8-4-13)20(2)18(12-19)14-5-9-16(22)10-6-14/h3-12H,1-2H3. The molecular formula is C18H16As2Br2. The van der Waals surface area contributed by atoms with E-state index in [0.717, 1.165) is 8.95 Å². The van der Waals surface area contributed by atoms with Crippen molar-refractivity contribution in [1.29, 1.82) is 0 Å². The Labute approximate surface area is 158 Å². The Morgan fingerprint density at radius 3 is 1.36 bits per heavy atom. The van der Waals surface area contributed by atoms with Crippen molar-refractivity contribution in [3.8, 4) is 0 Å². The van der Waals surface area contributed by atoms with Gasteiger partial charge in [-0.1, -0.05) is 0 Å². The number of benzene rings is 2. The van der Waals surface area contributed by atoms with Crippen LogP contribution in [0.4, 0.5) is 0 Å². The molecule has 1 aliphatic heterocycles. The van der Waals surface area contributed by atoms with Crippen molar-refractivity contribution in [3.05, 3.63) is 78.3 Å². The van der Waals surface area contributed by atoms with Crippen molar-refractivity contribution in [2.75, 3.05) is 0 Å². The average Bonchev–Trinajstić information content (AvgIpc) is 2.51. The summed E-state index contributed by atoms with van der Waals surface area (Å²) >= 11 is 4.88. The molecule has 0 aliphatic carbocycles. The SMILES string of the molecule is C[As]1C=C(c2ccc(Br)cc2)[As](C)C(c2ccc(Br)cc2)=C1. The van der Waals surface area contributed by atoms with E-state index in [0.29, 0.717) is 0 Å². The van der Waals surface area contributed by atoms with Crippen LogP contribution in [0.5, 0.6) is 0 Å². The Morgan fingerprint density at radius 2 is 1.00 bits per heavy atom. The normalized spacial score (nSPS) is 21.3. The first kappa shape index (κ1) is 16.8. The zero-order valence-electron chi connectivity index (χ0n) is 12.4. The van der Waals surface area contributed by atoms with E-state index >= 15 is 0 Å². The van der Waals surface area contributed by atoms with Crippen LogP contribution >= 0.6 is 31.9 Å². The van der Waals surface area contributed by atoms with Crippen molar-refractivity contribution in [2.24, 2.45) is 0 Å². The maximum absolute atomic E-state index is 3.54. The predicted octanol–water partition coefficient (Wildman–Crippen LogP) is 6.10. The molecule has 0 radical (unpaired) electrons. The van der Waals surface area contributed by atoms with Gasteiger partial charge in [0.05, 0.1) is 0 Å². The van der Waals surface area contributed by atoms with E-state index < -0.39 is 29.3 Å². The van der Waals surface area contributed by atoms with Gasteiger partial charge in [-0.05, 0) is 0 Å². The average molecular weight is 542 g/mol. The molecule has 1 aliphatic rings. The van der Waals surface area contributed by atoms with Gasteiger partial charge in [0.1, 0.15) is 0 Å². The molecule has 22 heavy (non-hydrogen) atoms. The van der Waals surface area contributed by atoms with Gasteiger partial charge < -0.3 is 0 Å². The first-order chi connectivity index (χ1) is 10.5. The van der Waals surface area contributed by atoms with E-state index in [-0.39, 0.29) is 0 Å². The molecule has 0 N–H and O–H groups in total. The minimum absolute atomic E-state index is 0.995. The Hall–Kier alpha value is -0.00312. The van der Waals surface area contributed by atoms with E-state index in [2.05, 4.69) is 102 Å². The summed E-state index contributed by atoms with van der Waals surface area (Å²) in [5.74, 6) is 0. The van der Waals surface area contributed by atoms with Gasteiger partial charge in [0.25, 0.3) is 0 Å². The molecule has 0 saturated heterocycles. The Kier molecular flexibility index (Phi) is 5.56. The van der Waals surface area contributed by atoms with Crippen molar-refractivity contribution >= 4 is 69.9 Å². The third kappa shape index (κ3) is 3.73. The molecule has 0 nitrogen and oxygen atoms in total. The topological polar surface area (TPSA) is 0 Å². The first-order valence-electron chi connectivity index (χ1n) is 6.96. The molecule has 2 aromatic carbocycles. The summed E-state index contributed by atoms with van der Waals surface area (Å²) < 4.78 is 5.56. The molecule has 0 aromatic heterocycles. The van der Waals surface area contributed by atoms with E-state index in [1.165, 1.54) is 11.1 Å². The summed E-state index contributed by atoms with van der Waals surface area (Å²) in [6, 6.07) is 17.7. The second-order valence-corrected chi connectivity index (χ2v) is 15.3. The van der Waals surface area contributed by atoms with E-state index in [4.69, 9.17) is 0 Å². The van der Waals surface area contributed by atoms with Gasteiger partial charge in [-0.3, -0.25) is 0 Å². The van der Waals surface area contributed by atoms with Gasteiger partial charge in [0, 0.05) is 0 Å². The van der Waals surface area contributed by atoms with Crippen LogP contribution in [0.15, 0.2) is 67.2 Å². The number of hydrogen-bond acceptors (Lipinski definition) is 0. The summed E-state index contributed by atoms with van der Waals surface area (Å²) in [7, 11) is 0. The van der Waals surface area contributed by atoms with Crippen LogP contribution in [-0.4, -0.2) is 29.3 Å². The fourth-order valence-corrected chi connectivity index (χ4v) is 16.7. The van der Waals surface area contributed by atoms with Crippen LogP contribution in [0.25, 0.3) is 8.72 Å². The number of rotatable bonds is 2. The van der Waals surface area contributed by atoms with Gasteiger partial charge in [-0.2, -0.15) is 0 Å². The zero-order valence-corrected chi connectivity index (χ0v) is 19.3. The van der Waals surface area contributed by atoms with Gasteiger partial charge in [0.15, 0.2) is 0 Å². The summed E-state index contributed by atoms with van der Waals surface area (Å²) in [5, 5.41) is 0. The molecular weight excluding hydrogens is 526 g/mol. The molecule has 0 spiro atoms. The first-order valence-corrected chi connectivity index (χ1v) is 16.3. The monoisotopic (exact) mass is 540 g/mol. The molecule has 0 amide bonds. The second kappa shape index (κ2) is 7.26. The van der Waals surface area contributed by atoms with Crippen LogP contribution in [0.2, 0.25) is 11.4 Å². The van der Waals surface area contributed by atoms with E-state index in [9.17, 15) is 0 Å². The predicted molar refractivity (Wildman–Crippen MR) is 107 cm³/mol.